The molecule has 1 N–H and O–H groups in total. The van der Waals surface area contributed by atoms with E-state index >= 15 is 0 Å². The summed E-state index contributed by atoms with van der Waals surface area (Å²) in [5.74, 6) is -0.551. The Morgan fingerprint density at radius 2 is 2.11 bits per heavy atom. The minimum atomic E-state index is -0.688. The van der Waals surface area contributed by atoms with Gasteiger partial charge in [-0.15, -0.1) is 0 Å². The van der Waals surface area contributed by atoms with Crippen LogP contribution in [0.2, 0.25) is 5.02 Å². The first kappa shape index (κ1) is 12.9. The molecule has 1 heterocycles. The van der Waals surface area contributed by atoms with E-state index in [1.807, 2.05) is 6.07 Å². The molecular weight excluding hydrogens is 252 g/mol. The zero-order valence-corrected chi connectivity index (χ0v) is 10.8. The largest absolute Gasteiger partial charge is 0.390 e. The zero-order valence-electron chi connectivity index (χ0n) is 10.1. The Balaban J connectivity index is 2.41. The molecule has 18 heavy (non-hydrogen) atoms. The van der Waals surface area contributed by atoms with Gasteiger partial charge in [0, 0.05) is 5.69 Å². The molecule has 0 aromatic heterocycles. The van der Waals surface area contributed by atoms with Gasteiger partial charge >= 0.3 is 0 Å². The van der Waals surface area contributed by atoms with Crippen molar-refractivity contribution in [3.8, 4) is 6.07 Å². The quantitative estimate of drug-likeness (QED) is 0.843. The van der Waals surface area contributed by atoms with E-state index in [-0.39, 0.29) is 11.9 Å². The van der Waals surface area contributed by atoms with Crippen LogP contribution >= 0.6 is 11.6 Å². The van der Waals surface area contributed by atoms with Gasteiger partial charge in [-0.3, -0.25) is 4.79 Å². The first-order valence-corrected chi connectivity index (χ1v) is 6.06. The van der Waals surface area contributed by atoms with Crippen LogP contribution in [0.4, 0.5) is 5.69 Å². The van der Waals surface area contributed by atoms with Gasteiger partial charge in [-0.05, 0) is 25.1 Å². The zero-order chi connectivity index (χ0) is 13.4. The third kappa shape index (κ3) is 1.86. The highest BCUT2D eigenvalue weighted by atomic mass is 35.5. The van der Waals surface area contributed by atoms with Crippen molar-refractivity contribution < 1.29 is 9.90 Å². The molecule has 0 saturated carbocycles. The number of aliphatic hydroxyl groups excluding tert-OH is 1. The number of aliphatic hydroxyl groups is 1. The number of carbonyl (C=O) groups excluding carboxylic acids is 1. The van der Waals surface area contributed by atoms with E-state index in [2.05, 4.69) is 0 Å². The van der Waals surface area contributed by atoms with Crippen LogP contribution in [-0.2, 0) is 4.79 Å². The highest BCUT2D eigenvalue weighted by molar-refractivity contribution is 6.32. The molecule has 1 aliphatic heterocycles. The number of hydrogen-bond donors (Lipinski definition) is 1. The van der Waals surface area contributed by atoms with Crippen LogP contribution in [0.3, 0.4) is 0 Å². The number of amides is 1. The average Bonchev–Trinajstić information content (AvgIpc) is 2.54. The Morgan fingerprint density at radius 1 is 1.44 bits per heavy atom. The van der Waals surface area contributed by atoms with E-state index in [1.165, 1.54) is 4.90 Å². The van der Waals surface area contributed by atoms with Crippen LogP contribution in [0.25, 0.3) is 0 Å². The van der Waals surface area contributed by atoms with Crippen LogP contribution in [0.5, 0.6) is 0 Å². The van der Waals surface area contributed by atoms with Gasteiger partial charge in [0.15, 0.2) is 0 Å². The monoisotopic (exact) mass is 264 g/mol. The molecular formula is C13H13ClN2O2. The van der Waals surface area contributed by atoms with Crippen molar-refractivity contribution >= 4 is 23.2 Å². The molecule has 1 fully saturated rings. The molecule has 94 valence electrons. The number of nitriles is 1. The molecule has 4 nitrogen and oxygen atoms in total. The highest BCUT2D eigenvalue weighted by Crippen LogP contribution is 2.32. The molecule has 1 aromatic rings. The summed E-state index contributed by atoms with van der Waals surface area (Å²) in [6.07, 6.45) is -0.688. The number of halogens is 1. The molecule has 0 aliphatic carbocycles. The number of rotatable bonds is 1. The fraction of sp³-hybridized carbons (Fsp3) is 0.385. The maximum Gasteiger partial charge on any atom is 0.232 e. The summed E-state index contributed by atoms with van der Waals surface area (Å²) < 4.78 is 0. The summed E-state index contributed by atoms with van der Waals surface area (Å²) in [7, 11) is 0. The van der Waals surface area contributed by atoms with Gasteiger partial charge in [-0.25, -0.2) is 0 Å². The molecule has 2 rings (SSSR count). The summed E-state index contributed by atoms with van der Waals surface area (Å²) >= 11 is 5.95. The molecule has 0 bridgehead atoms. The lowest BCUT2D eigenvalue weighted by molar-refractivity contribution is -0.121. The molecule has 1 aliphatic rings. The first-order valence-electron chi connectivity index (χ1n) is 5.68. The predicted molar refractivity (Wildman–Crippen MR) is 68.3 cm³/mol. The molecule has 3 atom stereocenters. The van der Waals surface area contributed by atoms with Gasteiger partial charge in [-0.1, -0.05) is 18.5 Å². The minimum Gasteiger partial charge on any atom is -0.390 e. The van der Waals surface area contributed by atoms with E-state index in [9.17, 15) is 9.90 Å². The lowest BCUT2D eigenvalue weighted by atomic mass is 10.1. The maximum atomic E-state index is 12.1. The molecule has 3 unspecified atom stereocenters. The van der Waals surface area contributed by atoms with Gasteiger partial charge in [-0.2, -0.15) is 5.26 Å². The van der Waals surface area contributed by atoms with E-state index in [0.717, 1.165) is 0 Å². The van der Waals surface area contributed by atoms with Gasteiger partial charge in [0.05, 0.1) is 28.6 Å². The normalized spacial score (nSPS) is 27.4. The van der Waals surface area contributed by atoms with E-state index in [4.69, 9.17) is 16.9 Å². The molecule has 1 aromatic carbocycles. The summed E-state index contributed by atoms with van der Waals surface area (Å²) in [5, 5.41) is 19.0. The van der Waals surface area contributed by atoms with E-state index in [0.29, 0.717) is 16.3 Å². The standard InChI is InChI=1S/C13H13ClN2O2/c1-7-12(17)8(2)16(13(7)18)10-4-3-9(6-15)11(14)5-10/h3-5,7-8,12,17H,1-2H3. The van der Waals surface area contributed by atoms with E-state index < -0.39 is 12.0 Å². The Morgan fingerprint density at radius 3 is 2.56 bits per heavy atom. The molecule has 1 saturated heterocycles. The molecule has 0 spiro atoms. The van der Waals surface area contributed by atoms with Crippen LogP contribution < -0.4 is 4.90 Å². The van der Waals surface area contributed by atoms with Crippen LogP contribution in [0.15, 0.2) is 18.2 Å². The van der Waals surface area contributed by atoms with Crippen molar-refractivity contribution in [3.05, 3.63) is 28.8 Å². The van der Waals surface area contributed by atoms with Crippen molar-refractivity contribution in [2.45, 2.75) is 26.0 Å². The third-order valence-corrected chi connectivity index (χ3v) is 3.70. The number of anilines is 1. The van der Waals surface area contributed by atoms with Crippen molar-refractivity contribution in [1.82, 2.24) is 0 Å². The molecule has 0 radical (unpaired) electrons. The molecule has 5 heteroatoms. The molecule has 1 amide bonds. The van der Waals surface area contributed by atoms with Crippen molar-refractivity contribution in [2.75, 3.05) is 4.90 Å². The van der Waals surface area contributed by atoms with Crippen molar-refractivity contribution in [2.24, 2.45) is 5.92 Å². The maximum absolute atomic E-state index is 12.1. The first-order chi connectivity index (χ1) is 8.47. The second kappa shape index (κ2) is 4.60. The lowest BCUT2D eigenvalue weighted by Gasteiger charge is -2.23. The Hall–Kier alpha value is -1.57. The van der Waals surface area contributed by atoms with Gasteiger partial charge < -0.3 is 10.0 Å². The number of carbonyl (C=O) groups is 1. The average molecular weight is 265 g/mol. The minimum absolute atomic E-state index is 0.129. The van der Waals surface area contributed by atoms with Crippen LogP contribution in [-0.4, -0.2) is 23.2 Å². The summed E-state index contributed by atoms with van der Waals surface area (Å²) in [6, 6.07) is 6.50. The summed E-state index contributed by atoms with van der Waals surface area (Å²) in [4.78, 5) is 13.6. The summed E-state index contributed by atoms with van der Waals surface area (Å²) in [5.41, 5.74) is 0.980. The van der Waals surface area contributed by atoms with Crippen molar-refractivity contribution in [3.63, 3.8) is 0 Å². The Kier molecular flexibility index (Phi) is 3.29. The number of hydrogen-bond acceptors (Lipinski definition) is 3. The third-order valence-electron chi connectivity index (χ3n) is 3.39. The SMILES string of the molecule is CC1C(=O)N(c2ccc(C#N)c(Cl)c2)C(C)C1O. The van der Waals surface area contributed by atoms with Gasteiger partial charge in [0.2, 0.25) is 5.91 Å². The van der Waals surface area contributed by atoms with Crippen LogP contribution in [0.1, 0.15) is 19.4 Å². The predicted octanol–water partition coefficient (Wildman–Crippen LogP) is 1.94. The highest BCUT2D eigenvalue weighted by Gasteiger charge is 2.42. The van der Waals surface area contributed by atoms with Crippen LogP contribution in [0, 0.1) is 17.2 Å². The second-order valence-corrected chi connectivity index (χ2v) is 4.91. The Bertz CT molecular complexity index is 538. The number of benzene rings is 1. The lowest BCUT2D eigenvalue weighted by Crippen LogP contribution is -2.34. The Labute approximate surface area is 110 Å². The fourth-order valence-electron chi connectivity index (χ4n) is 2.24. The fourth-order valence-corrected chi connectivity index (χ4v) is 2.46. The summed E-state index contributed by atoms with van der Waals surface area (Å²) in [6.45, 7) is 3.49. The van der Waals surface area contributed by atoms with Crippen molar-refractivity contribution in [1.29, 1.82) is 5.26 Å². The van der Waals surface area contributed by atoms with E-state index in [1.54, 1.807) is 32.0 Å². The smallest absolute Gasteiger partial charge is 0.232 e. The second-order valence-electron chi connectivity index (χ2n) is 4.50. The van der Waals surface area contributed by atoms with Gasteiger partial charge in [0.25, 0.3) is 0 Å². The topological polar surface area (TPSA) is 64.3 Å². The van der Waals surface area contributed by atoms with Gasteiger partial charge in [0.1, 0.15) is 6.07 Å². The number of nitrogens with zero attached hydrogens (tertiary/aromatic N) is 2.